The van der Waals surface area contributed by atoms with Crippen LogP contribution in [0, 0.1) is 22.6 Å². The van der Waals surface area contributed by atoms with Gasteiger partial charge in [-0.3, -0.25) is 4.99 Å². The summed E-state index contributed by atoms with van der Waals surface area (Å²) >= 11 is 12.0. The van der Waals surface area contributed by atoms with Crippen molar-refractivity contribution in [3.05, 3.63) is 75.7 Å². The van der Waals surface area contributed by atoms with Gasteiger partial charge in [0.25, 0.3) is 0 Å². The number of rotatable bonds is 3. The molecule has 0 amide bonds. The van der Waals surface area contributed by atoms with Gasteiger partial charge in [0.1, 0.15) is 11.2 Å². The number of nitriles is 1. The SMILES string of the molecule is CC(C)(C)CC1=NC=C(c2cccc(Cl)c2F)[C@]1(C#N)c1ccc(Cl)cc1. The number of aliphatic imine (C=N–C) groups is 1. The van der Waals surface area contributed by atoms with Crippen LogP contribution in [0.4, 0.5) is 4.39 Å². The molecule has 0 spiro atoms. The van der Waals surface area contributed by atoms with E-state index in [1.54, 1.807) is 42.6 Å². The molecule has 1 atom stereocenters. The van der Waals surface area contributed by atoms with Crippen LogP contribution in [0.3, 0.4) is 0 Å². The van der Waals surface area contributed by atoms with Gasteiger partial charge >= 0.3 is 0 Å². The molecule has 0 bridgehead atoms. The smallest absolute Gasteiger partial charge is 0.149 e. The third kappa shape index (κ3) is 3.52. The highest BCUT2D eigenvalue weighted by Crippen LogP contribution is 2.47. The second kappa shape index (κ2) is 7.11. The maximum atomic E-state index is 14.8. The van der Waals surface area contributed by atoms with E-state index in [9.17, 15) is 9.65 Å². The third-order valence-corrected chi connectivity index (χ3v) is 5.11. The van der Waals surface area contributed by atoms with Crippen molar-refractivity contribution >= 4 is 34.5 Å². The van der Waals surface area contributed by atoms with Gasteiger partial charge in [-0.2, -0.15) is 5.26 Å². The van der Waals surface area contributed by atoms with Gasteiger partial charge in [0.05, 0.1) is 11.1 Å². The molecule has 0 fully saturated rings. The minimum Gasteiger partial charge on any atom is -0.263 e. The van der Waals surface area contributed by atoms with E-state index >= 15 is 0 Å². The van der Waals surface area contributed by atoms with E-state index in [-0.39, 0.29) is 16.0 Å². The van der Waals surface area contributed by atoms with Crippen LogP contribution in [0.1, 0.15) is 38.3 Å². The molecular weight excluding hydrogens is 382 g/mol. The normalized spacial score (nSPS) is 19.4. The molecule has 3 rings (SSSR count). The van der Waals surface area contributed by atoms with E-state index < -0.39 is 11.2 Å². The predicted octanol–water partition coefficient (Wildman–Crippen LogP) is 6.83. The molecule has 0 saturated carbocycles. The van der Waals surface area contributed by atoms with Crippen molar-refractivity contribution in [3.8, 4) is 6.07 Å². The summed E-state index contributed by atoms with van der Waals surface area (Å²) in [5, 5.41) is 10.9. The lowest BCUT2D eigenvalue weighted by molar-refractivity contribution is 0.429. The van der Waals surface area contributed by atoms with Gasteiger partial charge in [0.2, 0.25) is 0 Å². The summed E-state index contributed by atoms with van der Waals surface area (Å²) in [6.45, 7) is 6.24. The summed E-state index contributed by atoms with van der Waals surface area (Å²) in [7, 11) is 0. The Balaban J connectivity index is 2.24. The van der Waals surface area contributed by atoms with Crippen LogP contribution in [-0.2, 0) is 5.41 Å². The van der Waals surface area contributed by atoms with Crippen molar-refractivity contribution < 1.29 is 4.39 Å². The lowest BCUT2D eigenvalue weighted by atomic mass is 9.67. The summed E-state index contributed by atoms with van der Waals surface area (Å²) in [5.74, 6) is -0.550. The van der Waals surface area contributed by atoms with Crippen molar-refractivity contribution in [2.75, 3.05) is 0 Å². The van der Waals surface area contributed by atoms with Crippen LogP contribution in [0.15, 0.2) is 53.7 Å². The Bertz CT molecular complexity index is 979. The lowest BCUT2D eigenvalue weighted by Crippen LogP contribution is -2.36. The maximum absolute atomic E-state index is 14.8. The highest BCUT2D eigenvalue weighted by molar-refractivity contribution is 6.31. The summed E-state index contributed by atoms with van der Waals surface area (Å²) < 4.78 is 14.8. The zero-order valence-electron chi connectivity index (χ0n) is 15.4. The van der Waals surface area contributed by atoms with Gasteiger partial charge in [-0.25, -0.2) is 4.39 Å². The molecule has 0 unspecified atom stereocenters. The summed E-state index contributed by atoms with van der Waals surface area (Å²) in [5.41, 5.74) is 0.889. The topological polar surface area (TPSA) is 36.1 Å². The van der Waals surface area contributed by atoms with Gasteiger partial charge in [0, 0.05) is 28.1 Å². The molecule has 2 aromatic carbocycles. The monoisotopic (exact) mass is 400 g/mol. The predicted molar refractivity (Wildman–Crippen MR) is 110 cm³/mol. The second-order valence-electron chi connectivity index (χ2n) is 7.83. The molecule has 0 N–H and O–H groups in total. The molecule has 1 aliphatic heterocycles. The summed E-state index contributed by atoms with van der Waals surface area (Å²) in [4.78, 5) is 4.56. The fourth-order valence-corrected chi connectivity index (χ4v) is 3.67. The highest BCUT2D eigenvalue weighted by Gasteiger charge is 2.47. The first kappa shape index (κ1) is 19.6. The fraction of sp³-hybridized carbons (Fsp3) is 0.273. The lowest BCUT2D eigenvalue weighted by Gasteiger charge is -2.31. The molecular formula is C22H19Cl2FN2. The molecule has 0 radical (unpaired) electrons. The Kier molecular flexibility index (Phi) is 5.16. The molecule has 138 valence electrons. The Morgan fingerprint density at radius 1 is 1.11 bits per heavy atom. The van der Waals surface area contributed by atoms with Crippen molar-refractivity contribution in [1.82, 2.24) is 0 Å². The zero-order chi connectivity index (χ0) is 19.8. The number of benzene rings is 2. The van der Waals surface area contributed by atoms with E-state index in [0.29, 0.717) is 28.3 Å². The van der Waals surface area contributed by atoms with E-state index in [4.69, 9.17) is 23.2 Å². The maximum Gasteiger partial charge on any atom is 0.149 e. The Hall–Kier alpha value is -2.15. The number of halogens is 3. The molecule has 0 saturated heterocycles. The van der Waals surface area contributed by atoms with Crippen LogP contribution in [0.25, 0.3) is 5.57 Å². The van der Waals surface area contributed by atoms with Crippen LogP contribution in [-0.4, -0.2) is 5.71 Å². The van der Waals surface area contributed by atoms with Crippen molar-refractivity contribution in [2.24, 2.45) is 10.4 Å². The van der Waals surface area contributed by atoms with E-state index in [2.05, 4.69) is 31.8 Å². The molecule has 2 nitrogen and oxygen atoms in total. The average molecular weight is 401 g/mol. The van der Waals surface area contributed by atoms with Crippen LogP contribution in [0.2, 0.25) is 10.0 Å². The molecule has 5 heteroatoms. The Morgan fingerprint density at radius 2 is 1.78 bits per heavy atom. The van der Waals surface area contributed by atoms with Crippen LogP contribution >= 0.6 is 23.2 Å². The standard InChI is InChI=1S/C22H19Cl2FN2/c1-21(2,3)11-19-22(13-26,14-7-9-15(23)10-8-14)17(12-27-19)16-5-4-6-18(24)20(16)25/h4-10,12H,11H2,1-3H3/t22-/m0/s1. The van der Waals surface area contributed by atoms with Crippen molar-refractivity contribution in [3.63, 3.8) is 0 Å². The first-order valence-corrected chi connectivity index (χ1v) is 9.34. The van der Waals surface area contributed by atoms with E-state index in [0.717, 1.165) is 0 Å². The van der Waals surface area contributed by atoms with Gasteiger partial charge in [-0.15, -0.1) is 0 Å². The number of hydrogen-bond donors (Lipinski definition) is 0. The van der Waals surface area contributed by atoms with Gasteiger partial charge in [-0.1, -0.05) is 68.2 Å². The van der Waals surface area contributed by atoms with Crippen molar-refractivity contribution in [1.29, 1.82) is 5.26 Å². The van der Waals surface area contributed by atoms with Crippen LogP contribution < -0.4 is 0 Å². The molecule has 0 aliphatic carbocycles. The van der Waals surface area contributed by atoms with E-state index in [1.807, 2.05) is 0 Å². The minimum atomic E-state index is -1.19. The quantitative estimate of drug-likeness (QED) is 0.556. The largest absolute Gasteiger partial charge is 0.263 e. The highest BCUT2D eigenvalue weighted by atomic mass is 35.5. The Labute approximate surface area is 169 Å². The fourth-order valence-electron chi connectivity index (χ4n) is 3.37. The first-order chi connectivity index (χ1) is 12.7. The number of hydrogen-bond acceptors (Lipinski definition) is 2. The number of allylic oxidation sites excluding steroid dienone is 1. The zero-order valence-corrected chi connectivity index (χ0v) is 16.9. The molecule has 2 aromatic rings. The Morgan fingerprint density at radius 3 is 2.37 bits per heavy atom. The molecule has 0 aromatic heterocycles. The molecule has 27 heavy (non-hydrogen) atoms. The number of nitrogens with zero attached hydrogens (tertiary/aromatic N) is 2. The first-order valence-electron chi connectivity index (χ1n) is 8.58. The third-order valence-electron chi connectivity index (χ3n) is 4.57. The summed E-state index contributed by atoms with van der Waals surface area (Å²) in [6.07, 6.45) is 2.18. The van der Waals surface area contributed by atoms with Crippen LogP contribution in [0.5, 0.6) is 0 Å². The minimum absolute atomic E-state index is 0.0145. The van der Waals surface area contributed by atoms with Gasteiger partial charge in [-0.05, 0) is 35.6 Å². The molecule has 1 aliphatic rings. The second-order valence-corrected chi connectivity index (χ2v) is 8.67. The van der Waals surface area contributed by atoms with Gasteiger partial charge < -0.3 is 0 Å². The average Bonchev–Trinajstić information content (AvgIpc) is 2.95. The van der Waals surface area contributed by atoms with Gasteiger partial charge in [0.15, 0.2) is 0 Å². The molecule has 1 heterocycles. The van der Waals surface area contributed by atoms with E-state index in [1.165, 1.54) is 6.07 Å². The van der Waals surface area contributed by atoms with Crippen molar-refractivity contribution in [2.45, 2.75) is 32.6 Å². The summed E-state index contributed by atoms with van der Waals surface area (Å²) in [6, 6.07) is 14.3.